The van der Waals surface area contributed by atoms with Crippen LogP contribution >= 0.6 is 7.92 Å². The number of fused-ring (bicyclic) bond motifs is 4. The van der Waals surface area contributed by atoms with E-state index in [1.165, 1.54) is 59.7 Å². The zero-order valence-electron chi connectivity index (χ0n) is 21.6. The monoisotopic (exact) mass is 574 g/mol. The second kappa shape index (κ2) is 12.7. The fraction of sp³-hybridized carbons (Fsp3) is 0. The molecule has 1 unspecified atom stereocenters. The van der Waals surface area contributed by atoms with E-state index in [0.717, 1.165) is 0 Å². The third-order valence-electron chi connectivity index (χ3n) is 7.21. The summed E-state index contributed by atoms with van der Waals surface area (Å²) in [7, 11) is -0.467. The summed E-state index contributed by atoms with van der Waals surface area (Å²) in [6, 6.07) is 54.7. The van der Waals surface area contributed by atoms with Gasteiger partial charge in [-0.15, -0.1) is 63.2 Å². The molecule has 7 aromatic rings. The molecule has 0 saturated heterocycles. The molecule has 0 amide bonds. The molecule has 0 nitrogen and oxygen atoms in total. The van der Waals surface area contributed by atoms with E-state index in [1.807, 2.05) is 0 Å². The van der Waals surface area contributed by atoms with Crippen molar-refractivity contribution >= 4 is 45.4 Å². The van der Waals surface area contributed by atoms with Crippen LogP contribution in [0.25, 0.3) is 43.8 Å². The van der Waals surface area contributed by atoms with E-state index in [-0.39, 0.29) is 31.1 Å². The topological polar surface area (TPSA) is 0 Å². The standard InChI is InChI=1S/C21H14P.C15H11.2FH.Ti/c1-2-8-16(9-3-1)22-17-13-15-7-6-11-18(20(15)14-17)19-10-4-5-12-21(19)22;1-2-6-12(7-3-1)14-10-4-8-13-9-5-11-15(13)14;;;/h1-14H;1-11H;2*1H;/q2*-1;;;+4/p-2. The van der Waals surface area contributed by atoms with Crippen LogP contribution in [0.15, 0.2) is 152 Å². The van der Waals surface area contributed by atoms with Crippen molar-refractivity contribution in [2.75, 3.05) is 0 Å². The average Bonchev–Trinajstić information content (AvgIpc) is 3.59. The van der Waals surface area contributed by atoms with E-state index in [0.29, 0.717) is 0 Å². The van der Waals surface area contributed by atoms with Gasteiger partial charge in [-0.1, -0.05) is 108 Å². The van der Waals surface area contributed by atoms with Crippen LogP contribution in [0.3, 0.4) is 0 Å². The van der Waals surface area contributed by atoms with Gasteiger partial charge in [0.25, 0.3) is 0 Å². The minimum atomic E-state index is -0.467. The Balaban J connectivity index is 0.000000183. The molecule has 0 spiro atoms. The smallest absolute Gasteiger partial charge is 1.00 e. The molecule has 1 aliphatic rings. The summed E-state index contributed by atoms with van der Waals surface area (Å²) in [5.74, 6) is 0. The Hall–Kier alpha value is -3.68. The zero-order chi connectivity index (χ0) is 24.6. The molecule has 0 aliphatic carbocycles. The minimum absolute atomic E-state index is 0. The second-order valence-corrected chi connectivity index (χ2v) is 11.6. The van der Waals surface area contributed by atoms with Gasteiger partial charge in [0.15, 0.2) is 0 Å². The second-order valence-electron chi connectivity index (χ2n) is 9.41. The summed E-state index contributed by atoms with van der Waals surface area (Å²) in [6.45, 7) is 0. The van der Waals surface area contributed by atoms with Crippen LogP contribution in [0.1, 0.15) is 0 Å². The van der Waals surface area contributed by atoms with E-state index >= 15 is 0 Å². The van der Waals surface area contributed by atoms with Gasteiger partial charge >= 0.3 is 21.7 Å². The maximum Gasteiger partial charge on any atom is 4.00 e. The van der Waals surface area contributed by atoms with Gasteiger partial charge in [-0.3, -0.25) is 0 Å². The van der Waals surface area contributed by atoms with E-state index in [2.05, 4.69) is 152 Å². The summed E-state index contributed by atoms with van der Waals surface area (Å²) < 4.78 is 0. The molecule has 0 N–H and O–H groups in total. The van der Waals surface area contributed by atoms with Gasteiger partial charge in [-0.2, -0.15) is 18.2 Å². The first-order valence-corrected chi connectivity index (χ1v) is 14.0. The molecule has 40 heavy (non-hydrogen) atoms. The normalized spacial score (nSPS) is 12.7. The Morgan fingerprint density at radius 3 is 1.90 bits per heavy atom. The van der Waals surface area contributed by atoms with Crippen LogP contribution in [-0.2, 0) is 21.7 Å². The third kappa shape index (κ3) is 5.24. The molecule has 0 radical (unpaired) electrons. The third-order valence-corrected chi connectivity index (χ3v) is 9.67. The molecular weight excluding hydrogens is 549 g/mol. The van der Waals surface area contributed by atoms with E-state index in [1.54, 1.807) is 0 Å². The predicted molar refractivity (Wildman–Crippen MR) is 162 cm³/mol. The quantitative estimate of drug-likeness (QED) is 0.169. The molecular formula is C36H25F2PTi. The van der Waals surface area contributed by atoms with Gasteiger partial charge in [-0.25, -0.2) is 0 Å². The molecule has 192 valence electrons. The Morgan fingerprint density at radius 1 is 0.500 bits per heavy atom. The first kappa shape index (κ1) is 29.3. The number of benzene rings is 5. The SMILES string of the molecule is [F-].[F-].[Ti+4].c1ccc(-c2cccc3[cH-]ccc23)cc1.c1ccc(P2c3cc4c(cccc4[cH-]3)-c3ccccc32)cc1. The summed E-state index contributed by atoms with van der Waals surface area (Å²) in [5.41, 5.74) is 5.38. The molecule has 1 atom stereocenters. The minimum Gasteiger partial charge on any atom is -1.00 e. The van der Waals surface area contributed by atoms with Crippen LogP contribution in [0.5, 0.6) is 0 Å². The summed E-state index contributed by atoms with van der Waals surface area (Å²) >= 11 is 0. The Bertz CT molecular complexity index is 1840. The fourth-order valence-corrected chi connectivity index (χ4v) is 8.04. The van der Waals surface area contributed by atoms with Gasteiger partial charge in [0.05, 0.1) is 0 Å². The molecule has 0 fully saturated rings. The number of halogens is 2. The van der Waals surface area contributed by atoms with Crippen molar-refractivity contribution in [3.8, 4) is 22.3 Å². The maximum atomic E-state index is 2.41. The van der Waals surface area contributed by atoms with Crippen molar-refractivity contribution in [1.29, 1.82) is 0 Å². The van der Waals surface area contributed by atoms with Gasteiger partial charge in [0.1, 0.15) is 0 Å². The van der Waals surface area contributed by atoms with E-state index in [9.17, 15) is 0 Å². The molecule has 7 aromatic carbocycles. The molecule has 1 heterocycles. The van der Waals surface area contributed by atoms with Crippen LogP contribution in [0.4, 0.5) is 0 Å². The van der Waals surface area contributed by atoms with Crippen molar-refractivity contribution in [2.24, 2.45) is 0 Å². The Kier molecular flexibility index (Phi) is 9.28. The molecule has 1 aliphatic heterocycles. The van der Waals surface area contributed by atoms with Crippen LogP contribution < -0.4 is 25.3 Å². The number of rotatable bonds is 2. The molecule has 0 saturated carbocycles. The Morgan fingerprint density at radius 2 is 1.12 bits per heavy atom. The van der Waals surface area contributed by atoms with E-state index in [4.69, 9.17) is 0 Å². The van der Waals surface area contributed by atoms with Crippen molar-refractivity contribution < 1.29 is 31.1 Å². The molecule has 4 heteroatoms. The van der Waals surface area contributed by atoms with Crippen molar-refractivity contribution in [2.45, 2.75) is 0 Å². The Labute approximate surface area is 249 Å². The van der Waals surface area contributed by atoms with E-state index < -0.39 is 7.92 Å². The summed E-state index contributed by atoms with van der Waals surface area (Å²) in [6.07, 6.45) is 0. The first-order valence-electron chi connectivity index (χ1n) is 12.7. The molecule has 8 rings (SSSR count). The largest absolute Gasteiger partial charge is 4.00 e. The van der Waals surface area contributed by atoms with Crippen LogP contribution in [0, 0.1) is 0 Å². The fourth-order valence-electron chi connectivity index (χ4n) is 5.52. The molecule has 2 bridgehead atoms. The van der Waals surface area contributed by atoms with Crippen molar-refractivity contribution in [3.63, 3.8) is 0 Å². The van der Waals surface area contributed by atoms with Gasteiger partial charge in [0.2, 0.25) is 0 Å². The van der Waals surface area contributed by atoms with Crippen LogP contribution in [0.2, 0.25) is 0 Å². The average molecular weight is 574 g/mol. The summed E-state index contributed by atoms with van der Waals surface area (Å²) in [4.78, 5) is 0. The van der Waals surface area contributed by atoms with Crippen LogP contribution in [-0.4, -0.2) is 0 Å². The zero-order valence-corrected chi connectivity index (χ0v) is 24.1. The molecule has 0 aromatic heterocycles. The van der Waals surface area contributed by atoms with Crippen molar-refractivity contribution in [1.82, 2.24) is 0 Å². The first-order chi connectivity index (χ1) is 18.4. The number of hydrogen-bond donors (Lipinski definition) is 0. The maximum absolute atomic E-state index is 2.41. The van der Waals surface area contributed by atoms with Gasteiger partial charge < -0.3 is 9.41 Å². The number of hydrogen-bond acceptors (Lipinski definition) is 0. The predicted octanol–water partition coefficient (Wildman–Crippen LogP) is 2.53. The van der Waals surface area contributed by atoms with Crippen molar-refractivity contribution in [3.05, 3.63) is 152 Å². The summed E-state index contributed by atoms with van der Waals surface area (Å²) in [5, 5.41) is 9.78. The van der Waals surface area contributed by atoms with Gasteiger partial charge in [-0.05, 0) is 29.7 Å². The van der Waals surface area contributed by atoms with Gasteiger partial charge in [0, 0.05) is 0 Å².